The molecule has 1 atom stereocenters. The summed E-state index contributed by atoms with van der Waals surface area (Å²) in [5.41, 5.74) is -1.86. The zero-order chi connectivity index (χ0) is 9.19. The van der Waals surface area contributed by atoms with Gasteiger partial charge in [-0.15, -0.1) is 0 Å². The minimum atomic E-state index is -2.03. The Bertz CT molecular complexity index is 308. The molecule has 62 valence electrons. The zero-order valence-electron chi connectivity index (χ0n) is 6.51. The lowest BCUT2D eigenvalue weighted by molar-refractivity contribution is 0.274. The summed E-state index contributed by atoms with van der Waals surface area (Å²) in [5.74, 6) is -0.438. The van der Waals surface area contributed by atoms with E-state index in [1.54, 1.807) is 0 Å². The highest BCUT2D eigenvalue weighted by Crippen LogP contribution is 2.23. The van der Waals surface area contributed by atoms with Crippen LogP contribution in [0.25, 0.3) is 0 Å². The second-order valence-corrected chi connectivity index (χ2v) is 2.62. The topological polar surface area (TPSA) is 23.8 Å². The maximum absolute atomic E-state index is 13.2. The summed E-state index contributed by atoms with van der Waals surface area (Å²) in [5, 5.41) is 8.40. The maximum Gasteiger partial charge on any atom is 0.218 e. The van der Waals surface area contributed by atoms with E-state index in [2.05, 4.69) is 0 Å². The molecule has 0 saturated carbocycles. The van der Waals surface area contributed by atoms with E-state index < -0.39 is 11.5 Å². The molecule has 1 aromatic rings. The molecule has 0 fully saturated rings. The van der Waals surface area contributed by atoms with Gasteiger partial charge in [0.15, 0.2) is 0 Å². The van der Waals surface area contributed by atoms with E-state index in [-0.39, 0.29) is 5.56 Å². The van der Waals surface area contributed by atoms with Gasteiger partial charge in [-0.3, -0.25) is 0 Å². The largest absolute Gasteiger partial charge is 0.222 e. The minimum Gasteiger partial charge on any atom is -0.222 e. The van der Waals surface area contributed by atoms with Crippen molar-refractivity contribution in [2.75, 3.05) is 0 Å². The molecule has 0 saturated heterocycles. The van der Waals surface area contributed by atoms with E-state index in [0.29, 0.717) is 0 Å². The molecule has 1 aromatic carbocycles. The van der Waals surface area contributed by atoms with Gasteiger partial charge >= 0.3 is 0 Å². The van der Waals surface area contributed by atoms with Crippen LogP contribution in [0.2, 0.25) is 0 Å². The molecule has 0 aromatic heterocycles. The Kier molecular flexibility index (Phi) is 2.09. The summed E-state index contributed by atoms with van der Waals surface area (Å²) in [6.07, 6.45) is 0. The molecule has 0 heterocycles. The predicted octanol–water partition coefficient (Wildman–Crippen LogP) is 2.53. The lowest BCUT2D eigenvalue weighted by atomic mass is 10.00. The number of nitriles is 1. The van der Waals surface area contributed by atoms with Gasteiger partial charge in [0.1, 0.15) is 11.9 Å². The molecular formula is C9H7F2N. The first-order valence-corrected chi connectivity index (χ1v) is 3.42. The third kappa shape index (κ3) is 1.59. The number of hydrogen-bond acceptors (Lipinski definition) is 1. The lowest BCUT2D eigenvalue weighted by Crippen LogP contribution is -2.11. The van der Waals surface area contributed by atoms with Crippen LogP contribution >= 0.6 is 0 Å². The van der Waals surface area contributed by atoms with Gasteiger partial charge in [0.25, 0.3) is 0 Å². The average molecular weight is 167 g/mol. The van der Waals surface area contributed by atoms with E-state index >= 15 is 0 Å². The summed E-state index contributed by atoms with van der Waals surface area (Å²) < 4.78 is 25.6. The van der Waals surface area contributed by atoms with Crippen LogP contribution in [-0.4, -0.2) is 0 Å². The quantitative estimate of drug-likeness (QED) is 0.630. The van der Waals surface area contributed by atoms with Gasteiger partial charge in [-0.25, -0.2) is 8.78 Å². The summed E-state index contributed by atoms with van der Waals surface area (Å²) in [7, 11) is 0. The fourth-order valence-corrected chi connectivity index (χ4v) is 0.827. The molecule has 12 heavy (non-hydrogen) atoms. The molecule has 0 aliphatic heterocycles. The van der Waals surface area contributed by atoms with E-state index in [1.165, 1.54) is 18.2 Å². The van der Waals surface area contributed by atoms with Crippen LogP contribution in [-0.2, 0) is 5.67 Å². The van der Waals surface area contributed by atoms with Crippen LogP contribution in [0.1, 0.15) is 12.5 Å². The van der Waals surface area contributed by atoms with E-state index in [0.717, 1.165) is 19.1 Å². The van der Waals surface area contributed by atoms with Gasteiger partial charge in [0.05, 0.1) is 0 Å². The van der Waals surface area contributed by atoms with Crippen molar-refractivity contribution in [1.82, 2.24) is 0 Å². The molecule has 0 aliphatic carbocycles. The van der Waals surface area contributed by atoms with Gasteiger partial charge in [-0.1, -0.05) is 12.1 Å². The van der Waals surface area contributed by atoms with Gasteiger partial charge in [0, 0.05) is 5.56 Å². The van der Waals surface area contributed by atoms with Crippen LogP contribution in [0.4, 0.5) is 8.78 Å². The Balaban J connectivity index is 3.07. The smallest absolute Gasteiger partial charge is 0.218 e. The summed E-state index contributed by atoms with van der Waals surface area (Å²) >= 11 is 0. The molecule has 0 spiro atoms. The third-order valence-corrected chi connectivity index (χ3v) is 1.60. The number of benzene rings is 1. The molecule has 3 heteroatoms. The maximum atomic E-state index is 13.2. The highest BCUT2D eigenvalue weighted by molar-refractivity contribution is 5.27. The van der Waals surface area contributed by atoms with Gasteiger partial charge in [-0.2, -0.15) is 5.26 Å². The normalized spacial score (nSPS) is 14.8. The van der Waals surface area contributed by atoms with E-state index in [1.807, 2.05) is 0 Å². The number of nitrogens with zero attached hydrogens (tertiary/aromatic N) is 1. The molecule has 1 nitrogen and oxygen atoms in total. The predicted molar refractivity (Wildman–Crippen MR) is 40.5 cm³/mol. The number of halogens is 2. The van der Waals surface area contributed by atoms with Crippen LogP contribution < -0.4 is 0 Å². The van der Waals surface area contributed by atoms with Crippen LogP contribution in [0.15, 0.2) is 24.3 Å². The van der Waals surface area contributed by atoms with E-state index in [9.17, 15) is 8.78 Å². The van der Waals surface area contributed by atoms with Crippen molar-refractivity contribution in [2.45, 2.75) is 12.6 Å². The van der Waals surface area contributed by atoms with Crippen molar-refractivity contribution >= 4 is 0 Å². The second-order valence-electron chi connectivity index (χ2n) is 2.62. The van der Waals surface area contributed by atoms with Gasteiger partial charge in [0.2, 0.25) is 5.67 Å². The summed E-state index contributed by atoms with van der Waals surface area (Å²) in [6.45, 7) is 1.14. The fourth-order valence-electron chi connectivity index (χ4n) is 0.827. The van der Waals surface area contributed by atoms with Crippen LogP contribution in [0.3, 0.4) is 0 Å². The van der Waals surface area contributed by atoms with Crippen molar-refractivity contribution < 1.29 is 8.78 Å². The molecule has 1 unspecified atom stereocenters. The Morgan fingerprint density at radius 1 is 1.33 bits per heavy atom. The lowest BCUT2D eigenvalue weighted by Gasteiger charge is -2.10. The van der Waals surface area contributed by atoms with E-state index in [4.69, 9.17) is 5.26 Å². The summed E-state index contributed by atoms with van der Waals surface area (Å²) in [6, 6.07) is 6.27. The average Bonchev–Trinajstić information content (AvgIpc) is 2.05. The Labute approximate surface area is 69.2 Å². The zero-order valence-corrected chi connectivity index (χ0v) is 6.51. The van der Waals surface area contributed by atoms with Crippen molar-refractivity contribution in [1.29, 1.82) is 5.26 Å². The van der Waals surface area contributed by atoms with Gasteiger partial charge < -0.3 is 0 Å². The van der Waals surface area contributed by atoms with Crippen molar-refractivity contribution in [3.05, 3.63) is 35.6 Å². The van der Waals surface area contributed by atoms with Gasteiger partial charge in [-0.05, 0) is 19.1 Å². The second kappa shape index (κ2) is 2.90. The first kappa shape index (κ1) is 8.66. The number of rotatable bonds is 1. The first-order valence-electron chi connectivity index (χ1n) is 3.42. The fraction of sp³-hybridized carbons (Fsp3) is 0.222. The Morgan fingerprint density at radius 2 is 1.83 bits per heavy atom. The highest BCUT2D eigenvalue weighted by Gasteiger charge is 2.24. The standard InChI is InChI=1S/C9H7F2N/c1-9(11,6-12)7-2-4-8(10)5-3-7/h2-5H,1H3. The number of alkyl halides is 1. The van der Waals surface area contributed by atoms with Crippen molar-refractivity contribution in [3.8, 4) is 6.07 Å². The van der Waals surface area contributed by atoms with Crippen molar-refractivity contribution in [3.63, 3.8) is 0 Å². The minimum absolute atomic E-state index is 0.173. The third-order valence-electron chi connectivity index (χ3n) is 1.60. The monoisotopic (exact) mass is 167 g/mol. The molecule has 0 bridgehead atoms. The molecule has 0 aliphatic rings. The Hall–Kier alpha value is -1.43. The summed E-state index contributed by atoms with van der Waals surface area (Å²) in [4.78, 5) is 0. The van der Waals surface area contributed by atoms with Crippen LogP contribution in [0, 0.1) is 17.1 Å². The molecule has 1 rings (SSSR count). The first-order chi connectivity index (χ1) is 5.56. The highest BCUT2D eigenvalue weighted by atomic mass is 19.1. The Morgan fingerprint density at radius 3 is 2.25 bits per heavy atom. The van der Waals surface area contributed by atoms with Crippen molar-refractivity contribution in [2.24, 2.45) is 0 Å². The molecular weight excluding hydrogens is 160 g/mol. The van der Waals surface area contributed by atoms with Crippen LogP contribution in [0.5, 0.6) is 0 Å². The SMILES string of the molecule is CC(F)(C#N)c1ccc(F)cc1. The molecule has 0 N–H and O–H groups in total. The molecule has 0 radical (unpaired) electrons. The molecule has 0 amide bonds. The number of hydrogen-bond donors (Lipinski definition) is 0.